The number of carbonyl (C=O) groups excluding carboxylic acids is 3. The van der Waals surface area contributed by atoms with Gasteiger partial charge in [-0.25, -0.2) is 9.18 Å². The van der Waals surface area contributed by atoms with Crippen LogP contribution in [0.5, 0.6) is 0 Å². The van der Waals surface area contributed by atoms with Gasteiger partial charge >= 0.3 is 6.03 Å². The lowest BCUT2D eigenvalue weighted by Gasteiger charge is -2.37. The van der Waals surface area contributed by atoms with Crippen LogP contribution in [0.1, 0.15) is 24.8 Å². The molecule has 0 radical (unpaired) electrons. The highest BCUT2D eigenvalue weighted by Crippen LogP contribution is 2.33. The van der Waals surface area contributed by atoms with E-state index in [2.05, 4.69) is 5.32 Å². The molecule has 0 aliphatic carbocycles. The molecule has 2 aliphatic heterocycles. The fourth-order valence-electron chi connectivity index (χ4n) is 4.90. The van der Waals surface area contributed by atoms with Gasteiger partial charge in [0, 0.05) is 38.2 Å². The maximum Gasteiger partial charge on any atom is 0.321 e. The molecule has 4 amide bonds. The average Bonchev–Trinajstić information content (AvgIpc) is 2.97. The molecule has 33 heavy (non-hydrogen) atoms. The third kappa shape index (κ3) is 5.50. The second-order valence-electron chi connectivity index (χ2n) is 8.88. The van der Waals surface area contributed by atoms with Crippen molar-refractivity contribution in [3.8, 4) is 0 Å². The van der Waals surface area contributed by atoms with E-state index in [1.165, 1.54) is 24.3 Å². The second kappa shape index (κ2) is 10.0. The zero-order valence-electron chi connectivity index (χ0n) is 18.5. The number of amides is 4. The zero-order valence-corrected chi connectivity index (χ0v) is 18.5. The van der Waals surface area contributed by atoms with Crippen LogP contribution in [0.25, 0.3) is 0 Å². The summed E-state index contributed by atoms with van der Waals surface area (Å²) < 4.78 is 13.1. The lowest BCUT2D eigenvalue weighted by molar-refractivity contribution is -0.139. The van der Waals surface area contributed by atoms with Crippen molar-refractivity contribution in [1.82, 2.24) is 9.80 Å². The fourth-order valence-corrected chi connectivity index (χ4v) is 4.90. The van der Waals surface area contributed by atoms with Gasteiger partial charge in [-0.15, -0.1) is 0 Å². The van der Waals surface area contributed by atoms with Gasteiger partial charge in [0.05, 0.1) is 0 Å². The molecule has 3 unspecified atom stereocenters. The Bertz CT molecular complexity index is 998. The molecule has 2 heterocycles. The number of nitrogens with two attached hydrogens (primary N) is 1. The van der Waals surface area contributed by atoms with E-state index >= 15 is 0 Å². The number of benzene rings is 2. The maximum atomic E-state index is 13.1. The minimum absolute atomic E-state index is 0.0496. The maximum absolute atomic E-state index is 13.1. The summed E-state index contributed by atoms with van der Waals surface area (Å²) in [6, 6.07) is 14.3. The van der Waals surface area contributed by atoms with E-state index in [9.17, 15) is 18.8 Å². The molecule has 2 aromatic carbocycles. The number of halogens is 1. The number of carbonyl (C=O) groups is 3. The highest BCUT2D eigenvalue weighted by Gasteiger charge is 2.39. The number of hydrogen-bond donors (Lipinski definition) is 2. The van der Waals surface area contributed by atoms with Crippen LogP contribution >= 0.6 is 0 Å². The van der Waals surface area contributed by atoms with E-state index in [0.717, 1.165) is 12.0 Å². The number of hydrogen-bond acceptors (Lipinski definition) is 3. The molecular weight excluding hydrogens is 423 g/mol. The average molecular weight is 453 g/mol. The number of urea groups is 1. The Kier molecular flexibility index (Phi) is 6.91. The molecule has 2 aromatic rings. The molecule has 7 nitrogen and oxygen atoms in total. The Morgan fingerprint density at radius 2 is 1.73 bits per heavy atom. The summed E-state index contributed by atoms with van der Waals surface area (Å²) in [6.45, 7) is 1.53. The Morgan fingerprint density at radius 3 is 2.42 bits per heavy atom. The Hall–Kier alpha value is -3.42. The summed E-state index contributed by atoms with van der Waals surface area (Å²) in [5.41, 5.74) is 7.20. The Labute approximate surface area is 192 Å². The van der Waals surface area contributed by atoms with Crippen molar-refractivity contribution in [3.63, 3.8) is 0 Å². The molecule has 2 fully saturated rings. The molecule has 0 aromatic heterocycles. The molecule has 8 heteroatoms. The topological polar surface area (TPSA) is 95.7 Å². The summed E-state index contributed by atoms with van der Waals surface area (Å²) in [7, 11) is 0. The molecular formula is C25H29FN4O3. The van der Waals surface area contributed by atoms with Crippen LogP contribution in [0.2, 0.25) is 0 Å². The third-order valence-electron chi connectivity index (χ3n) is 6.75. The molecule has 2 saturated heterocycles. The molecule has 3 N–H and O–H groups in total. The lowest BCUT2D eigenvalue weighted by atomic mass is 9.82. The number of primary amides is 1. The normalized spacial score (nSPS) is 21.7. The predicted molar refractivity (Wildman–Crippen MR) is 123 cm³/mol. The number of rotatable bonds is 5. The number of fused-ring (bicyclic) bond motifs is 1. The smallest absolute Gasteiger partial charge is 0.321 e. The van der Waals surface area contributed by atoms with Crippen LogP contribution in [0.3, 0.4) is 0 Å². The first kappa shape index (κ1) is 22.8. The van der Waals surface area contributed by atoms with Crippen molar-refractivity contribution in [2.45, 2.75) is 31.7 Å². The summed E-state index contributed by atoms with van der Waals surface area (Å²) in [6.07, 6.45) is 2.18. The van der Waals surface area contributed by atoms with Crippen molar-refractivity contribution in [2.24, 2.45) is 17.6 Å². The molecule has 3 atom stereocenters. The van der Waals surface area contributed by atoms with Gasteiger partial charge in [-0.2, -0.15) is 0 Å². The lowest BCUT2D eigenvalue weighted by Crippen LogP contribution is -2.49. The summed E-state index contributed by atoms with van der Waals surface area (Å²) in [4.78, 5) is 41.4. The molecule has 0 spiro atoms. The van der Waals surface area contributed by atoms with Crippen LogP contribution < -0.4 is 11.1 Å². The van der Waals surface area contributed by atoms with Gasteiger partial charge in [0.25, 0.3) is 0 Å². The Balaban J connectivity index is 1.40. The van der Waals surface area contributed by atoms with Crippen LogP contribution in [0.4, 0.5) is 14.9 Å². The summed E-state index contributed by atoms with van der Waals surface area (Å²) >= 11 is 0. The molecule has 4 rings (SSSR count). The molecule has 0 saturated carbocycles. The minimum Gasteiger partial charge on any atom is -0.368 e. The van der Waals surface area contributed by atoms with E-state index < -0.39 is 11.9 Å². The number of nitrogens with zero attached hydrogens (tertiary/aromatic N) is 2. The number of nitrogens with one attached hydrogen (secondary N) is 1. The van der Waals surface area contributed by atoms with Crippen LogP contribution in [0, 0.1) is 17.7 Å². The first-order valence-electron chi connectivity index (χ1n) is 11.3. The fraction of sp³-hybridized carbons (Fsp3) is 0.400. The highest BCUT2D eigenvalue weighted by atomic mass is 19.1. The van der Waals surface area contributed by atoms with Gasteiger partial charge in [0.2, 0.25) is 11.8 Å². The van der Waals surface area contributed by atoms with Gasteiger partial charge < -0.3 is 20.9 Å². The number of anilines is 1. The number of likely N-dealkylation sites (tertiary alicyclic amines) is 2. The van der Waals surface area contributed by atoms with E-state index in [1.54, 1.807) is 9.80 Å². The van der Waals surface area contributed by atoms with Crippen molar-refractivity contribution in [1.29, 1.82) is 0 Å². The molecule has 174 valence electrons. The van der Waals surface area contributed by atoms with Crippen molar-refractivity contribution in [2.75, 3.05) is 25.0 Å². The van der Waals surface area contributed by atoms with Gasteiger partial charge in [0.1, 0.15) is 11.9 Å². The SMILES string of the molecule is NC(=O)C(Cc1ccccc1)N1CCC2CN(C(=O)Nc3ccc(F)cc3)CCC2CC1=O. The van der Waals surface area contributed by atoms with Crippen LogP contribution in [-0.2, 0) is 16.0 Å². The minimum atomic E-state index is -0.682. The van der Waals surface area contributed by atoms with Crippen molar-refractivity contribution in [3.05, 3.63) is 66.0 Å². The van der Waals surface area contributed by atoms with Crippen molar-refractivity contribution >= 4 is 23.5 Å². The van der Waals surface area contributed by atoms with Crippen molar-refractivity contribution < 1.29 is 18.8 Å². The third-order valence-corrected chi connectivity index (χ3v) is 6.75. The predicted octanol–water partition coefficient (Wildman–Crippen LogP) is 3.01. The van der Waals surface area contributed by atoms with Crippen LogP contribution in [0.15, 0.2) is 54.6 Å². The summed E-state index contributed by atoms with van der Waals surface area (Å²) in [5, 5.41) is 2.81. The van der Waals surface area contributed by atoms with Gasteiger partial charge in [-0.1, -0.05) is 30.3 Å². The zero-order chi connectivity index (χ0) is 23.4. The van der Waals surface area contributed by atoms with Gasteiger partial charge in [-0.05, 0) is 54.5 Å². The quantitative estimate of drug-likeness (QED) is 0.730. The second-order valence-corrected chi connectivity index (χ2v) is 8.88. The van der Waals surface area contributed by atoms with E-state index in [-0.39, 0.29) is 29.6 Å². The summed E-state index contributed by atoms with van der Waals surface area (Å²) in [5.74, 6) is -0.577. The highest BCUT2D eigenvalue weighted by molar-refractivity contribution is 5.89. The number of piperidine rings is 1. The van der Waals surface area contributed by atoms with Crippen LogP contribution in [-0.4, -0.2) is 53.3 Å². The molecule has 2 aliphatic rings. The van der Waals surface area contributed by atoms with E-state index in [4.69, 9.17) is 5.73 Å². The largest absolute Gasteiger partial charge is 0.368 e. The van der Waals surface area contributed by atoms with Gasteiger partial charge in [-0.3, -0.25) is 9.59 Å². The first-order valence-corrected chi connectivity index (χ1v) is 11.3. The standard InChI is InChI=1S/C25H29FN4O3/c26-20-6-8-21(9-7-20)28-25(33)29-12-10-18-15-23(31)30(13-11-19(18)16-29)22(24(27)32)14-17-4-2-1-3-5-17/h1-9,18-19,22H,10-16H2,(H2,27,32)(H,28,33). The molecule has 0 bridgehead atoms. The Morgan fingerprint density at radius 1 is 1.03 bits per heavy atom. The van der Waals surface area contributed by atoms with E-state index in [1.807, 2.05) is 30.3 Å². The van der Waals surface area contributed by atoms with Gasteiger partial charge in [0.15, 0.2) is 0 Å². The first-order chi connectivity index (χ1) is 15.9. The monoisotopic (exact) mass is 452 g/mol. The van der Waals surface area contributed by atoms with E-state index in [0.29, 0.717) is 44.6 Å².